The van der Waals surface area contributed by atoms with Gasteiger partial charge in [-0.3, -0.25) is 14.9 Å². The lowest BCUT2D eigenvalue weighted by Crippen LogP contribution is -2.34. The van der Waals surface area contributed by atoms with Crippen molar-refractivity contribution >= 4 is 23.0 Å². The average Bonchev–Trinajstić information content (AvgIpc) is 3.19. The minimum absolute atomic E-state index is 0.0877. The number of anilines is 2. The van der Waals surface area contributed by atoms with E-state index in [1.807, 2.05) is 42.0 Å². The van der Waals surface area contributed by atoms with Crippen LogP contribution in [0.2, 0.25) is 0 Å². The molecule has 0 spiro atoms. The van der Waals surface area contributed by atoms with E-state index in [0.717, 1.165) is 43.0 Å². The number of carbonyl (C=O) groups excluding carboxylic acids is 1. The van der Waals surface area contributed by atoms with Crippen molar-refractivity contribution in [2.45, 2.75) is 33.2 Å². The van der Waals surface area contributed by atoms with Crippen molar-refractivity contribution in [2.24, 2.45) is 5.92 Å². The Hall–Kier alpha value is -3.68. The minimum atomic E-state index is -0.467. The summed E-state index contributed by atoms with van der Waals surface area (Å²) < 4.78 is 2.04. The first-order chi connectivity index (χ1) is 15.4. The van der Waals surface area contributed by atoms with Gasteiger partial charge in [-0.25, -0.2) is 4.98 Å². The number of hydrogen-bond donors (Lipinski definition) is 1. The Labute approximate surface area is 187 Å². The van der Waals surface area contributed by atoms with Gasteiger partial charge in [0.1, 0.15) is 5.82 Å². The molecular formula is C24H27N5O3. The highest BCUT2D eigenvalue weighted by atomic mass is 16.6. The van der Waals surface area contributed by atoms with Crippen LogP contribution in [0.5, 0.6) is 0 Å². The molecule has 1 amide bonds. The van der Waals surface area contributed by atoms with Gasteiger partial charge in [0.15, 0.2) is 0 Å². The van der Waals surface area contributed by atoms with Gasteiger partial charge >= 0.3 is 0 Å². The van der Waals surface area contributed by atoms with Crippen LogP contribution in [0.15, 0.2) is 54.9 Å². The third kappa shape index (κ3) is 4.80. The third-order valence-electron chi connectivity index (χ3n) is 6.05. The fourth-order valence-electron chi connectivity index (χ4n) is 4.00. The Kier molecular flexibility index (Phi) is 6.20. The van der Waals surface area contributed by atoms with Crippen LogP contribution < -0.4 is 10.2 Å². The summed E-state index contributed by atoms with van der Waals surface area (Å²) in [7, 11) is 0. The molecule has 32 heavy (non-hydrogen) atoms. The van der Waals surface area contributed by atoms with E-state index in [9.17, 15) is 14.9 Å². The average molecular weight is 434 g/mol. The molecule has 0 aliphatic carbocycles. The van der Waals surface area contributed by atoms with E-state index in [2.05, 4.69) is 22.1 Å². The summed E-state index contributed by atoms with van der Waals surface area (Å²) in [4.78, 5) is 30.3. The number of nitrogens with one attached hydrogen (secondary N) is 1. The van der Waals surface area contributed by atoms with Crippen LogP contribution in [0.25, 0.3) is 0 Å². The number of aromatic nitrogens is 2. The van der Waals surface area contributed by atoms with Crippen molar-refractivity contribution < 1.29 is 9.72 Å². The van der Waals surface area contributed by atoms with E-state index in [1.54, 1.807) is 12.3 Å². The van der Waals surface area contributed by atoms with Gasteiger partial charge < -0.3 is 14.8 Å². The first kappa shape index (κ1) is 21.5. The second-order valence-electron chi connectivity index (χ2n) is 8.38. The Morgan fingerprint density at radius 1 is 1.19 bits per heavy atom. The molecule has 2 heterocycles. The molecule has 0 unspecified atom stereocenters. The molecule has 0 radical (unpaired) electrons. The first-order valence-corrected chi connectivity index (χ1v) is 10.8. The van der Waals surface area contributed by atoms with Gasteiger partial charge in [-0.1, -0.05) is 19.1 Å². The molecule has 1 N–H and O–H groups in total. The summed E-state index contributed by atoms with van der Waals surface area (Å²) in [5, 5.41) is 14.2. The monoisotopic (exact) mass is 433 g/mol. The summed E-state index contributed by atoms with van der Waals surface area (Å²) in [5.74, 6) is 1.24. The predicted octanol–water partition coefficient (Wildman–Crippen LogP) is 4.64. The smallest absolute Gasteiger partial charge is 0.270 e. The molecule has 0 saturated carbocycles. The van der Waals surface area contributed by atoms with Gasteiger partial charge in [-0.05, 0) is 49.4 Å². The summed E-state index contributed by atoms with van der Waals surface area (Å²) in [6, 6.07) is 12.1. The summed E-state index contributed by atoms with van der Waals surface area (Å²) in [6.07, 6.45) is 5.77. The standard InChI is InChI=1S/C24H27N5O3/c1-17-9-12-27(13-10-17)23-8-7-21(29(31)32)15-22(23)24(30)26-20-5-3-19(4-6-20)16-28-14-11-25-18(28)2/h3-8,11,14-15,17H,9-10,12-13,16H2,1-2H3,(H,26,30). The van der Waals surface area contributed by atoms with Crippen LogP contribution in [0.4, 0.5) is 17.1 Å². The Balaban J connectivity index is 1.53. The Morgan fingerprint density at radius 3 is 2.53 bits per heavy atom. The number of imidazole rings is 1. The second kappa shape index (κ2) is 9.21. The number of nitro groups is 1. The summed E-state index contributed by atoms with van der Waals surface area (Å²) >= 11 is 0. The van der Waals surface area contributed by atoms with Crippen molar-refractivity contribution in [3.63, 3.8) is 0 Å². The Bertz CT molecular complexity index is 1110. The van der Waals surface area contributed by atoms with Gasteiger partial charge in [0.05, 0.1) is 16.2 Å². The van der Waals surface area contributed by atoms with E-state index < -0.39 is 4.92 Å². The Morgan fingerprint density at radius 2 is 1.91 bits per heavy atom. The maximum atomic E-state index is 13.1. The SMILES string of the molecule is Cc1nccn1Cc1ccc(NC(=O)c2cc([N+](=O)[O-])ccc2N2CCC(C)CC2)cc1. The molecule has 3 aromatic rings. The van der Waals surface area contributed by atoms with Crippen molar-refractivity contribution in [3.05, 3.63) is 81.9 Å². The zero-order valence-electron chi connectivity index (χ0n) is 18.3. The number of nitrogens with zero attached hydrogens (tertiary/aromatic N) is 4. The molecule has 1 saturated heterocycles. The minimum Gasteiger partial charge on any atom is -0.371 e. The maximum absolute atomic E-state index is 13.1. The number of piperidine rings is 1. The highest BCUT2D eigenvalue weighted by Gasteiger charge is 2.23. The van der Waals surface area contributed by atoms with Gasteiger partial charge in [0.25, 0.3) is 11.6 Å². The highest BCUT2D eigenvalue weighted by molar-refractivity contribution is 6.08. The molecule has 1 aromatic heterocycles. The van der Waals surface area contributed by atoms with Gasteiger partial charge in [0, 0.05) is 49.8 Å². The van der Waals surface area contributed by atoms with Crippen molar-refractivity contribution in [3.8, 4) is 0 Å². The highest BCUT2D eigenvalue weighted by Crippen LogP contribution is 2.30. The van der Waals surface area contributed by atoms with Crippen LogP contribution >= 0.6 is 0 Å². The van der Waals surface area contributed by atoms with E-state index in [0.29, 0.717) is 23.7 Å². The van der Waals surface area contributed by atoms with Crippen LogP contribution in [0.1, 0.15) is 41.5 Å². The molecule has 1 aliphatic rings. The number of benzene rings is 2. The van der Waals surface area contributed by atoms with Gasteiger partial charge in [-0.15, -0.1) is 0 Å². The second-order valence-corrected chi connectivity index (χ2v) is 8.38. The van der Waals surface area contributed by atoms with E-state index >= 15 is 0 Å². The van der Waals surface area contributed by atoms with Crippen LogP contribution in [0, 0.1) is 23.0 Å². The maximum Gasteiger partial charge on any atom is 0.270 e. The number of non-ortho nitro benzene ring substituents is 1. The van der Waals surface area contributed by atoms with Gasteiger partial charge in [0.2, 0.25) is 0 Å². The number of aryl methyl sites for hydroxylation is 1. The molecule has 8 heteroatoms. The first-order valence-electron chi connectivity index (χ1n) is 10.8. The summed E-state index contributed by atoms with van der Waals surface area (Å²) in [6.45, 7) is 6.54. The van der Waals surface area contributed by atoms with Crippen LogP contribution in [-0.4, -0.2) is 33.5 Å². The number of nitro benzene ring substituents is 1. The van der Waals surface area contributed by atoms with E-state index in [4.69, 9.17) is 0 Å². The topological polar surface area (TPSA) is 93.3 Å². The normalized spacial score (nSPS) is 14.4. The lowest BCUT2D eigenvalue weighted by Gasteiger charge is -2.33. The third-order valence-corrected chi connectivity index (χ3v) is 6.05. The number of rotatable bonds is 6. The van der Waals surface area contributed by atoms with Crippen molar-refractivity contribution in [2.75, 3.05) is 23.3 Å². The number of carbonyl (C=O) groups is 1. The zero-order chi connectivity index (χ0) is 22.7. The quantitative estimate of drug-likeness (QED) is 0.452. The molecular weight excluding hydrogens is 406 g/mol. The number of amides is 1. The molecule has 1 aliphatic heterocycles. The fraction of sp³-hybridized carbons (Fsp3) is 0.333. The zero-order valence-corrected chi connectivity index (χ0v) is 18.3. The predicted molar refractivity (Wildman–Crippen MR) is 124 cm³/mol. The van der Waals surface area contributed by atoms with Crippen LogP contribution in [-0.2, 0) is 6.54 Å². The van der Waals surface area contributed by atoms with E-state index in [1.165, 1.54) is 12.1 Å². The molecule has 0 bridgehead atoms. The lowest BCUT2D eigenvalue weighted by molar-refractivity contribution is -0.384. The molecule has 8 nitrogen and oxygen atoms in total. The molecule has 2 aromatic carbocycles. The van der Waals surface area contributed by atoms with E-state index in [-0.39, 0.29) is 11.6 Å². The number of hydrogen-bond acceptors (Lipinski definition) is 5. The van der Waals surface area contributed by atoms with Crippen molar-refractivity contribution in [1.82, 2.24) is 9.55 Å². The molecule has 166 valence electrons. The fourth-order valence-corrected chi connectivity index (χ4v) is 4.00. The largest absolute Gasteiger partial charge is 0.371 e. The molecule has 4 rings (SSSR count). The van der Waals surface area contributed by atoms with Crippen molar-refractivity contribution in [1.29, 1.82) is 0 Å². The lowest BCUT2D eigenvalue weighted by atomic mass is 9.98. The summed E-state index contributed by atoms with van der Waals surface area (Å²) in [5.41, 5.74) is 2.71. The van der Waals surface area contributed by atoms with Crippen LogP contribution in [0.3, 0.4) is 0 Å². The van der Waals surface area contributed by atoms with Gasteiger partial charge in [-0.2, -0.15) is 0 Å². The molecule has 0 atom stereocenters. The molecule has 1 fully saturated rings.